The number of benzene rings is 3. The summed E-state index contributed by atoms with van der Waals surface area (Å²) in [5, 5.41) is 3.85. The average Bonchev–Trinajstić information content (AvgIpc) is 2.90. The van der Waals surface area contributed by atoms with E-state index in [4.69, 9.17) is 18.9 Å². The molecule has 0 aliphatic carbocycles. The largest absolute Gasteiger partial charge is 0.496 e. The Morgan fingerprint density at radius 1 is 0.811 bits per heavy atom. The van der Waals surface area contributed by atoms with Crippen molar-refractivity contribution in [2.45, 2.75) is 5.75 Å². The molecule has 1 N–H and O–H groups in total. The summed E-state index contributed by atoms with van der Waals surface area (Å²) in [7, 11) is 2.23. The molecule has 0 heterocycles. The summed E-state index contributed by atoms with van der Waals surface area (Å²) in [6, 6.07) is 17.5. The van der Waals surface area contributed by atoms with Crippen molar-refractivity contribution in [2.75, 3.05) is 33.8 Å². The molecule has 0 spiro atoms. The number of carbonyl (C=O) groups excluding carboxylic acids is 1. The van der Waals surface area contributed by atoms with Crippen molar-refractivity contribution in [3.05, 3.63) is 88.8 Å². The van der Waals surface area contributed by atoms with Gasteiger partial charge in [-0.15, -0.1) is 0 Å². The van der Waals surface area contributed by atoms with E-state index in [0.717, 1.165) is 11.0 Å². The number of ether oxygens (including phenoxy) is 4. The maximum absolute atomic E-state index is 12.9. The molecule has 3 rings (SSSR count). The highest BCUT2D eigenvalue weighted by atomic mass is 32.2. The van der Waals surface area contributed by atoms with Gasteiger partial charge in [-0.3, -0.25) is 4.79 Å². The zero-order valence-electron chi connectivity index (χ0n) is 21.1. The summed E-state index contributed by atoms with van der Waals surface area (Å²) in [5.74, 6) is 1.06. The van der Waals surface area contributed by atoms with E-state index < -0.39 is 9.84 Å². The molecule has 37 heavy (non-hydrogen) atoms. The maximum atomic E-state index is 12.9. The fourth-order valence-corrected chi connectivity index (χ4v) is 4.59. The van der Waals surface area contributed by atoms with Crippen LogP contribution in [0.3, 0.4) is 0 Å². The second-order valence-corrected chi connectivity index (χ2v) is 9.71. The highest BCUT2D eigenvalue weighted by Crippen LogP contribution is 2.35. The smallest absolute Gasteiger partial charge is 0.248 e. The standard InChI is InChI=1S/C28H29NO7S/c1-33-22-17-26(35-3)23(27(18-22)36-4)14-15-37(31,32)19-21-10-12-25(34-2)24(16-21)29-28(30)13-11-20-8-6-5-7-9-20/h5-18H,19H2,1-4H3,(H,29,30)/b13-11-,15-14+. The predicted molar refractivity (Wildman–Crippen MR) is 145 cm³/mol. The van der Waals surface area contributed by atoms with Gasteiger partial charge in [0.1, 0.15) is 23.0 Å². The van der Waals surface area contributed by atoms with E-state index in [1.807, 2.05) is 30.3 Å². The first-order valence-corrected chi connectivity index (χ1v) is 12.9. The minimum absolute atomic E-state index is 0.295. The Balaban J connectivity index is 1.80. The number of rotatable bonds is 11. The number of hydrogen-bond donors (Lipinski definition) is 1. The Kier molecular flexibility index (Phi) is 9.34. The van der Waals surface area contributed by atoms with Gasteiger partial charge in [0.15, 0.2) is 9.84 Å². The van der Waals surface area contributed by atoms with Crippen LogP contribution in [0, 0.1) is 0 Å². The second-order valence-electron chi connectivity index (χ2n) is 7.82. The van der Waals surface area contributed by atoms with E-state index in [1.165, 1.54) is 40.6 Å². The van der Waals surface area contributed by atoms with Gasteiger partial charge in [0.2, 0.25) is 5.91 Å². The van der Waals surface area contributed by atoms with Crippen molar-refractivity contribution >= 4 is 33.6 Å². The molecule has 3 aromatic carbocycles. The second kappa shape index (κ2) is 12.6. The van der Waals surface area contributed by atoms with Crippen LogP contribution in [-0.2, 0) is 20.4 Å². The Morgan fingerprint density at radius 2 is 1.46 bits per heavy atom. The summed E-state index contributed by atoms with van der Waals surface area (Å²) in [4.78, 5) is 12.5. The fraction of sp³-hybridized carbons (Fsp3) is 0.179. The first-order chi connectivity index (χ1) is 17.8. The SMILES string of the molecule is COc1cc(OC)c(/C=C/S(=O)(=O)Cc2ccc(OC)c(NC(=O)/C=C\c3ccccc3)c2)c(OC)c1. The number of anilines is 1. The lowest BCUT2D eigenvalue weighted by Gasteiger charge is -2.13. The molecule has 0 fully saturated rings. The van der Waals surface area contributed by atoms with Crippen LogP contribution in [0.4, 0.5) is 5.69 Å². The van der Waals surface area contributed by atoms with Gasteiger partial charge in [-0.2, -0.15) is 0 Å². The molecule has 0 saturated carbocycles. The van der Waals surface area contributed by atoms with E-state index in [0.29, 0.717) is 39.8 Å². The first kappa shape index (κ1) is 27.3. The molecular weight excluding hydrogens is 494 g/mol. The molecule has 194 valence electrons. The third-order valence-corrected chi connectivity index (χ3v) is 6.60. The number of carbonyl (C=O) groups is 1. The van der Waals surface area contributed by atoms with E-state index >= 15 is 0 Å². The van der Waals surface area contributed by atoms with Crippen molar-refractivity contribution in [2.24, 2.45) is 0 Å². The minimum atomic E-state index is -3.70. The lowest BCUT2D eigenvalue weighted by molar-refractivity contribution is -0.111. The van der Waals surface area contributed by atoms with Gasteiger partial charge in [0.05, 0.1) is 45.4 Å². The molecule has 0 atom stereocenters. The van der Waals surface area contributed by atoms with Crippen LogP contribution in [0.5, 0.6) is 23.0 Å². The minimum Gasteiger partial charge on any atom is -0.496 e. The van der Waals surface area contributed by atoms with Crippen molar-refractivity contribution in [3.8, 4) is 23.0 Å². The lowest BCUT2D eigenvalue weighted by atomic mass is 10.1. The van der Waals surface area contributed by atoms with Crippen LogP contribution < -0.4 is 24.3 Å². The van der Waals surface area contributed by atoms with Gasteiger partial charge in [-0.05, 0) is 35.4 Å². The van der Waals surface area contributed by atoms with Crippen molar-refractivity contribution in [1.29, 1.82) is 0 Å². The molecule has 3 aromatic rings. The van der Waals surface area contributed by atoms with Crippen LogP contribution in [-0.4, -0.2) is 42.8 Å². The third kappa shape index (κ3) is 7.62. The van der Waals surface area contributed by atoms with Gasteiger partial charge in [0, 0.05) is 23.6 Å². The molecule has 0 aliphatic rings. The predicted octanol–water partition coefficient (Wildman–Crippen LogP) is 4.96. The Bertz CT molecular complexity index is 1370. The quantitative estimate of drug-likeness (QED) is 0.355. The van der Waals surface area contributed by atoms with Gasteiger partial charge in [-0.25, -0.2) is 8.42 Å². The highest BCUT2D eigenvalue weighted by molar-refractivity contribution is 7.93. The summed E-state index contributed by atoms with van der Waals surface area (Å²) < 4.78 is 47.1. The van der Waals surface area contributed by atoms with Crippen LogP contribution in [0.25, 0.3) is 12.2 Å². The Labute approximate surface area is 217 Å². The topological polar surface area (TPSA) is 100 Å². The maximum Gasteiger partial charge on any atom is 0.248 e. The summed E-state index contributed by atoms with van der Waals surface area (Å²) >= 11 is 0. The van der Waals surface area contributed by atoms with Gasteiger partial charge >= 0.3 is 0 Å². The average molecular weight is 524 g/mol. The highest BCUT2D eigenvalue weighted by Gasteiger charge is 2.15. The zero-order valence-corrected chi connectivity index (χ0v) is 21.9. The number of hydrogen-bond acceptors (Lipinski definition) is 7. The Hall–Kier alpha value is -4.24. The monoisotopic (exact) mass is 523 g/mol. The molecule has 0 saturated heterocycles. The molecule has 0 unspecified atom stereocenters. The summed E-state index contributed by atoms with van der Waals surface area (Å²) in [6.45, 7) is 0. The Morgan fingerprint density at radius 3 is 2.05 bits per heavy atom. The zero-order chi connectivity index (χ0) is 26.8. The third-order valence-electron chi connectivity index (χ3n) is 5.31. The van der Waals surface area contributed by atoms with Crippen LogP contribution >= 0.6 is 0 Å². The lowest BCUT2D eigenvalue weighted by Crippen LogP contribution is -2.10. The van der Waals surface area contributed by atoms with E-state index in [2.05, 4.69) is 5.32 Å². The molecule has 0 radical (unpaired) electrons. The number of methoxy groups -OCH3 is 4. The van der Waals surface area contributed by atoms with E-state index in [1.54, 1.807) is 36.4 Å². The summed E-state index contributed by atoms with van der Waals surface area (Å²) in [5.41, 5.74) is 2.17. The molecule has 0 aliphatic heterocycles. The van der Waals surface area contributed by atoms with Crippen molar-refractivity contribution in [3.63, 3.8) is 0 Å². The van der Waals surface area contributed by atoms with Gasteiger partial charge in [0.25, 0.3) is 0 Å². The molecule has 0 bridgehead atoms. The first-order valence-electron chi connectivity index (χ1n) is 11.2. The van der Waals surface area contributed by atoms with Crippen LogP contribution in [0.1, 0.15) is 16.7 Å². The van der Waals surface area contributed by atoms with Crippen LogP contribution in [0.2, 0.25) is 0 Å². The molecule has 1 amide bonds. The van der Waals surface area contributed by atoms with E-state index in [9.17, 15) is 13.2 Å². The van der Waals surface area contributed by atoms with Gasteiger partial charge < -0.3 is 24.3 Å². The fourth-order valence-electron chi connectivity index (χ4n) is 3.50. The van der Waals surface area contributed by atoms with Crippen molar-refractivity contribution < 1.29 is 32.2 Å². The van der Waals surface area contributed by atoms with Crippen LogP contribution in [0.15, 0.2) is 72.1 Å². The number of amides is 1. The molecule has 8 nitrogen and oxygen atoms in total. The number of nitrogens with one attached hydrogen (secondary N) is 1. The number of sulfone groups is 1. The van der Waals surface area contributed by atoms with Crippen molar-refractivity contribution in [1.82, 2.24) is 0 Å². The summed E-state index contributed by atoms with van der Waals surface area (Å²) in [6.07, 6.45) is 4.51. The molecular formula is C28H29NO7S. The van der Waals surface area contributed by atoms with E-state index in [-0.39, 0.29) is 11.7 Å². The molecule has 9 heteroatoms. The van der Waals surface area contributed by atoms with Gasteiger partial charge in [-0.1, -0.05) is 36.4 Å². The normalized spacial score (nSPS) is 11.5. The molecule has 0 aromatic heterocycles.